The summed E-state index contributed by atoms with van der Waals surface area (Å²) in [4.78, 5) is 20.1. The molecular formula is C22H29N5O. The third kappa shape index (κ3) is 4.39. The van der Waals surface area contributed by atoms with E-state index in [-0.39, 0.29) is 11.9 Å². The van der Waals surface area contributed by atoms with Gasteiger partial charge in [0.1, 0.15) is 0 Å². The smallest absolute Gasteiger partial charge is 0.252 e. The highest BCUT2D eigenvalue weighted by Gasteiger charge is 2.17. The van der Waals surface area contributed by atoms with Crippen LogP contribution in [-0.2, 0) is 6.54 Å². The van der Waals surface area contributed by atoms with E-state index >= 15 is 0 Å². The summed E-state index contributed by atoms with van der Waals surface area (Å²) in [5, 5.41) is 8.35. The maximum Gasteiger partial charge on any atom is 0.252 e. The van der Waals surface area contributed by atoms with Gasteiger partial charge in [-0.15, -0.1) is 0 Å². The van der Waals surface area contributed by atoms with E-state index in [9.17, 15) is 4.79 Å². The van der Waals surface area contributed by atoms with Crippen LogP contribution in [0.15, 0.2) is 42.7 Å². The number of para-hydroxylation sites is 1. The average Bonchev–Trinajstić information content (AvgIpc) is 3.20. The van der Waals surface area contributed by atoms with Crippen LogP contribution < -0.4 is 5.32 Å². The second-order valence-electron chi connectivity index (χ2n) is 7.02. The number of fused-ring (bicyclic) bond motifs is 1. The van der Waals surface area contributed by atoms with Crippen LogP contribution in [0.3, 0.4) is 0 Å². The minimum Gasteiger partial charge on any atom is -0.348 e. The molecule has 0 unspecified atom stereocenters. The van der Waals surface area contributed by atoms with Crippen molar-refractivity contribution in [2.75, 3.05) is 19.6 Å². The maximum atomic E-state index is 13.1. The molecule has 2 aromatic heterocycles. The Balaban J connectivity index is 1.93. The van der Waals surface area contributed by atoms with Crippen molar-refractivity contribution in [3.8, 4) is 11.3 Å². The summed E-state index contributed by atoms with van der Waals surface area (Å²) < 4.78 is 1.86. The molecule has 0 radical (unpaired) electrons. The van der Waals surface area contributed by atoms with Crippen molar-refractivity contribution in [3.05, 3.63) is 48.3 Å². The lowest BCUT2D eigenvalue weighted by Crippen LogP contribution is -2.42. The first-order chi connectivity index (χ1) is 13.5. The van der Waals surface area contributed by atoms with Gasteiger partial charge in [-0.05, 0) is 39.1 Å². The molecule has 0 fully saturated rings. The molecule has 0 spiro atoms. The van der Waals surface area contributed by atoms with Crippen molar-refractivity contribution in [1.29, 1.82) is 0 Å². The topological polar surface area (TPSA) is 63.1 Å². The molecule has 2 heterocycles. The normalized spacial score (nSPS) is 12.5. The molecule has 1 amide bonds. The predicted octanol–water partition coefficient (Wildman–Crippen LogP) is 3.58. The Labute approximate surface area is 166 Å². The number of aromatic nitrogens is 3. The zero-order chi connectivity index (χ0) is 20.1. The second-order valence-corrected chi connectivity index (χ2v) is 7.02. The molecule has 6 nitrogen and oxygen atoms in total. The molecule has 1 atom stereocenters. The van der Waals surface area contributed by atoms with E-state index in [1.165, 1.54) is 0 Å². The number of hydrogen-bond donors (Lipinski definition) is 1. The van der Waals surface area contributed by atoms with Crippen LogP contribution in [0.25, 0.3) is 22.2 Å². The monoisotopic (exact) mass is 379 g/mol. The number of carbonyl (C=O) groups excluding carboxylic acids is 1. The van der Waals surface area contributed by atoms with E-state index in [4.69, 9.17) is 4.98 Å². The fourth-order valence-electron chi connectivity index (χ4n) is 3.40. The van der Waals surface area contributed by atoms with Gasteiger partial charge in [-0.2, -0.15) is 5.10 Å². The van der Waals surface area contributed by atoms with Crippen LogP contribution >= 0.6 is 0 Å². The number of amides is 1. The van der Waals surface area contributed by atoms with Crippen LogP contribution in [0.1, 0.15) is 38.1 Å². The van der Waals surface area contributed by atoms with Gasteiger partial charge in [0.15, 0.2) is 0 Å². The second kappa shape index (κ2) is 8.97. The van der Waals surface area contributed by atoms with E-state index in [2.05, 4.69) is 29.2 Å². The zero-order valence-electron chi connectivity index (χ0n) is 17.1. The molecule has 0 aliphatic heterocycles. The summed E-state index contributed by atoms with van der Waals surface area (Å²) in [7, 11) is 0. The highest BCUT2D eigenvalue weighted by atomic mass is 16.1. The summed E-state index contributed by atoms with van der Waals surface area (Å²) in [6.07, 6.45) is 3.76. The van der Waals surface area contributed by atoms with Gasteiger partial charge < -0.3 is 10.2 Å². The Morgan fingerprint density at radius 1 is 1.21 bits per heavy atom. The van der Waals surface area contributed by atoms with Crippen LogP contribution in [0.2, 0.25) is 0 Å². The zero-order valence-corrected chi connectivity index (χ0v) is 17.1. The van der Waals surface area contributed by atoms with Crippen LogP contribution in [-0.4, -0.2) is 51.2 Å². The first-order valence-electron chi connectivity index (χ1n) is 10.0. The van der Waals surface area contributed by atoms with Crippen molar-refractivity contribution >= 4 is 16.8 Å². The Morgan fingerprint density at radius 3 is 2.64 bits per heavy atom. The lowest BCUT2D eigenvalue weighted by Gasteiger charge is -2.23. The number of rotatable bonds is 8. The number of likely N-dealkylation sites (N-methyl/N-ethyl adjacent to an activating group) is 1. The molecule has 1 N–H and O–H groups in total. The number of hydrogen-bond acceptors (Lipinski definition) is 4. The molecule has 0 saturated carbocycles. The highest BCUT2D eigenvalue weighted by Crippen LogP contribution is 2.24. The molecule has 148 valence electrons. The number of nitrogens with zero attached hydrogens (tertiary/aromatic N) is 4. The molecule has 0 bridgehead atoms. The number of benzene rings is 1. The average molecular weight is 380 g/mol. The Morgan fingerprint density at radius 2 is 1.96 bits per heavy atom. The van der Waals surface area contributed by atoms with Crippen molar-refractivity contribution in [3.63, 3.8) is 0 Å². The summed E-state index contributed by atoms with van der Waals surface area (Å²) >= 11 is 0. The van der Waals surface area contributed by atoms with Gasteiger partial charge in [-0.1, -0.05) is 32.0 Å². The third-order valence-electron chi connectivity index (χ3n) is 5.02. The first kappa shape index (κ1) is 20.0. The fourth-order valence-corrected chi connectivity index (χ4v) is 3.40. The third-order valence-corrected chi connectivity index (χ3v) is 5.02. The van der Waals surface area contributed by atoms with Crippen LogP contribution in [0.5, 0.6) is 0 Å². The predicted molar refractivity (Wildman–Crippen MR) is 113 cm³/mol. The molecule has 6 heteroatoms. The van der Waals surface area contributed by atoms with Gasteiger partial charge in [-0.3, -0.25) is 9.48 Å². The maximum absolute atomic E-state index is 13.1. The SMILES string of the molecule is CCN(CC)C[C@H](C)NC(=O)c1cc(-c2cnn(CC)c2)nc2ccccc12. The van der Waals surface area contributed by atoms with Gasteiger partial charge in [0.05, 0.1) is 23.0 Å². The molecule has 28 heavy (non-hydrogen) atoms. The standard InChI is InChI=1S/C22H29N5O/c1-5-26(6-2)14-16(4)24-22(28)19-12-21(17-13-23-27(7-3)15-17)25-20-11-9-8-10-18(19)20/h8-13,15-16H,5-7,14H2,1-4H3,(H,24,28)/t16-/m0/s1. The minimum atomic E-state index is -0.0672. The van der Waals surface area contributed by atoms with Gasteiger partial charge in [0, 0.05) is 36.3 Å². The van der Waals surface area contributed by atoms with Crippen LogP contribution in [0, 0.1) is 0 Å². The lowest BCUT2D eigenvalue weighted by molar-refractivity contribution is 0.0932. The number of carbonyl (C=O) groups is 1. The summed E-state index contributed by atoms with van der Waals surface area (Å²) in [6, 6.07) is 9.71. The molecule has 0 aliphatic carbocycles. The van der Waals surface area contributed by atoms with Crippen molar-refractivity contribution in [2.45, 2.75) is 40.3 Å². The van der Waals surface area contributed by atoms with E-state index in [0.717, 1.165) is 48.3 Å². The van der Waals surface area contributed by atoms with Crippen molar-refractivity contribution in [2.24, 2.45) is 0 Å². The molecule has 3 aromatic rings. The summed E-state index contributed by atoms with van der Waals surface area (Å²) in [6.45, 7) is 11.9. The largest absolute Gasteiger partial charge is 0.348 e. The van der Waals surface area contributed by atoms with Crippen molar-refractivity contribution < 1.29 is 4.79 Å². The summed E-state index contributed by atoms with van der Waals surface area (Å²) in [5.74, 6) is -0.0672. The van der Waals surface area contributed by atoms with Gasteiger partial charge >= 0.3 is 0 Å². The lowest BCUT2D eigenvalue weighted by atomic mass is 10.0. The molecule has 1 aromatic carbocycles. The Kier molecular flexibility index (Phi) is 6.41. The van der Waals surface area contributed by atoms with E-state index in [1.807, 2.05) is 55.1 Å². The van der Waals surface area contributed by atoms with Gasteiger partial charge in [-0.25, -0.2) is 4.98 Å². The Hall–Kier alpha value is -2.73. The van der Waals surface area contributed by atoms with Crippen LogP contribution in [0.4, 0.5) is 0 Å². The van der Waals surface area contributed by atoms with Gasteiger partial charge in [0.25, 0.3) is 5.91 Å². The van der Waals surface area contributed by atoms with E-state index < -0.39 is 0 Å². The first-order valence-corrected chi connectivity index (χ1v) is 10.0. The molecule has 0 aliphatic rings. The van der Waals surface area contributed by atoms with Crippen molar-refractivity contribution in [1.82, 2.24) is 25.0 Å². The fraction of sp³-hybridized carbons (Fsp3) is 0.409. The quantitative estimate of drug-likeness (QED) is 0.650. The molecular weight excluding hydrogens is 350 g/mol. The number of aryl methyl sites for hydroxylation is 1. The van der Waals surface area contributed by atoms with E-state index in [0.29, 0.717) is 5.56 Å². The number of pyridine rings is 1. The summed E-state index contributed by atoms with van der Waals surface area (Å²) in [5.41, 5.74) is 3.14. The minimum absolute atomic E-state index is 0.0608. The van der Waals surface area contributed by atoms with Gasteiger partial charge in [0.2, 0.25) is 0 Å². The number of nitrogens with one attached hydrogen (secondary N) is 1. The molecule has 3 rings (SSSR count). The Bertz CT molecular complexity index is 945. The molecule has 0 saturated heterocycles. The van der Waals surface area contributed by atoms with E-state index in [1.54, 1.807) is 6.20 Å². The highest BCUT2D eigenvalue weighted by molar-refractivity contribution is 6.07.